The summed E-state index contributed by atoms with van der Waals surface area (Å²) in [5, 5.41) is 18.0. The van der Waals surface area contributed by atoms with Crippen LogP contribution in [0.1, 0.15) is 22.4 Å². The molecule has 0 unspecified atom stereocenters. The predicted molar refractivity (Wildman–Crippen MR) is 116 cm³/mol. The maximum Gasteiger partial charge on any atom is 0.248 e. The molecule has 1 spiro atoms. The first-order valence-corrected chi connectivity index (χ1v) is 10.1. The van der Waals surface area contributed by atoms with E-state index in [0.717, 1.165) is 5.56 Å². The SMILES string of the molecule is Cc1[nH]nc2c1[C@@]1(C(=O)N(Cc3ccc(Cl)cc3Cl)c3ccccc31)C(C#N)=C(N)O2. The third-order valence-electron chi connectivity index (χ3n) is 5.74. The highest BCUT2D eigenvalue weighted by Crippen LogP contribution is 2.55. The number of nitrogens with one attached hydrogen (secondary N) is 1. The summed E-state index contributed by atoms with van der Waals surface area (Å²) >= 11 is 12.4. The van der Waals surface area contributed by atoms with Gasteiger partial charge in [-0.1, -0.05) is 47.5 Å². The molecule has 0 fully saturated rings. The average molecular weight is 452 g/mol. The standard InChI is InChI=1S/C22H15Cl2N5O2/c1-11-18-20(28-27-11)31-19(26)15(9-25)22(18)14-4-2-3-5-17(14)29(21(22)30)10-12-6-7-13(23)8-16(12)24/h2-8H,10,26H2,1H3,(H,27,28)/t22-/m0/s1. The summed E-state index contributed by atoms with van der Waals surface area (Å²) in [6.45, 7) is 1.97. The number of hydrogen-bond donors (Lipinski definition) is 2. The Hall–Kier alpha value is -3.47. The number of carbonyl (C=O) groups excluding carboxylic acids is 1. The van der Waals surface area contributed by atoms with Crippen LogP contribution < -0.4 is 15.4 Å². The number of amides is 1. The van der Waals surface area contributed by atoms with Crippen LogP contribution in [0, 0.1) is 18.3 Å². The minimum Gasteiger partial charge on any atom is -0.420 e. The molecule has 3 N–H and O–H groups in total. The van der Waals surface area contributed by atoms with Gasteiger partial charge in [-0.25, -0.2) is 0 Å². The number of carbonyl (C=O) groups is 1. The number of anilines is 1. The van der Waals surface area contributed by atoms with E-state index in [1.165, 1.54) is 0 Å². The molecule has 0 radical (unpaired) electrons. The quantitative estimate of drug-likeness (QED) is 0.613. The molecule has 1 atom stereocenters. The van der Waals surface area contributed by atoms with E-state index < -0.39 is 5.41 Å². The number of halogens is 2. The monoisotopic (exact) mass is 451 g/mol. The first-order chi connectivity index (χ1) is 14.9. The van der Waals surface area contributed by atoms with E-state index in [0.29, 0.717) is 32.6 Å². The smallest absolute Gasteiger partial charge is 0.248 e. The van der Waals surface area contributed by atoms with Crippen molar-refractivity contribution in [3.8, 4) is 11.9 Å². The molecule has 3 aromatic rings. The highest BCUT2D eigenvalue weighted by molar-refractivity contribution is 6.35. The molecular weight excluding hydrogens is 437 g/mol. The van der Waals surface area contributed by atoms with Gasteiger partial charge in [0.15, 0.2) is 0 Å². The Balaban J connectivity index is 1.77. The number of aryl methyl sites for hydroxylation is 1. The van der Waals surface area contributed by atoms with Gasteiger partial charge in [0.1, 0.15) is 17.1 Å². The summed E-state index contributed by atoms with van der Waals surface area (Å²) < 4.78 is 5.58. The van der Waals surface area contributed by atoms with Crippen molar-refractivity contribution < 1.29 is 9.53 Å². The van der Waals surface area contributed by atoms with Crippen LogP contribution in [0.4, 0.5) is 5.69 Å². The number of rotatable bonds is 2. The van der Waals surface area contributed by atoms with Crippen LogP contribution in [0.2, 0.25) is 10.0 Å². The van der Waals surface area contributed by atoms with Gasteiger partial charge in [-0.05, 0) is 30.7 Å². The van der Waals surface area contributed by atoms with Gasteiger partial charge in [0.25, 0.3) is 0 Å². The molecule has 31 heavy (non-hydrogen) atoms. The lowest BCUT2D eigenvalue weighted by molar-refractivity contribution is -0.121. The molecular formula is C22H15Cl2N5O2. The summed E-state index contributed by atoms with van der Waals surface area (Å²) in [4.78, 5) is 15.8. The maximum atomic E-state index is 14.2. The summed E-state index contributed by atoms with van der Waals surface area (Å²) in [5.74, 6) is -0.284. The van der Waals surface area contributed by atoms with E-state index in [4.69, 9.17) is 33.7 Å². The zero-order valence-corrected chi connectivity index (χ0v) is 17.8. The third-order valence-corrected chi connectivity index (χ3v) is 6.32. The molecule has 154 valence electrons. The van der Waals surface area contributed by atoms with Crippen LogP contribution in [0.15, 0.2) is 53.9 Å². The minimum absolute atomic E-state index is 0.0339. The second-order valence-electron chi connectivity index (χ2n) is 7.38. The van der Waals surface area contributed by atoms with Crippen LogP contribution >= 0.6 is 23.2 Å². The lowest BCUT2D eigenvalue weighted by atomic mass is 9.69. The Labute approximate surface area is 187 Å². The zero-order valence-electron chi connectivity index (χ0n) is 16.2. The van der Waals surface area contributed by atoms with Crippen molar-refractivity contribution in [1.82, 2.24) is 10.2 Å². The number of nitrogens with zero attached hydrogens (tertiary/aromatic N) is 3. The molecule has 0 bridgehead atoms. The molecule has 2 aliphatic rings. The third kappa shape index (κ3) is 2.52. The molecule has 1 aromatic heterocycles. The minimum atomic E-state index is -1.46. The molecule has 0 saturated carbocycles. The summed E-state index contributed by atoms with van der Waals surface area (Å²) in [5.41, 5.74) is 7.80. The first kappa shape index (κ1) is 19.5. The number of fused-ring (bicyclic) bond motifs is 4. The summed E-state index contributed by atoms with van der Waals surface area (Å²) in [6, 6.07) is 14.6. The molecule has 0 saturated heterocycles. The van der Waals surface area contributed by atoms with E-state index in [-0.39, 0.29) is 29.8 Å². The Morgan fingerprint density at radius 3 is 2.81 bits per heavy atom. The number of nitrogens with two attached hydrogens (primary N) is 1. The fourth-order valence-corrected chi connectivity index (χ4v) is 4.91. The van der Waals surface area contributed by atoms with E-state index in [2.05, 4.69) is 16.3 Å². The molecule has 2 aliphatic heterocycles. The number of ether oxygens (including phenoxy) is 1. The number of H-pyrrole nitrogens is 1. The second kappa shape index (κ2) is 6.77. The number of hydrogen-bond acceptors (Lipinski definition) is 5. The van der Waals surface area contributed by atoms with Gasteiger partial charge < -0.3 is 15.4 Å². The van der Waals surface area contributed by atoms with Crippen LogP contribution in [-0.2, 0) is 16.8 Å². The lowest BCUT2D eigenvalue weighted by Gasteiger charge is -2.32. The van der Waals surface area contributed by atoms with E-state index in [1.54, 1.807) is 30.0 Å². The fourth-order valence-electron chi connectivity index (χ4n) is 4.44. The molecule has 5 rings (SSSR count). The van der Waals surface area contributed by atoms with Gasteiger partial charge in [0.2, 0.25) is 17.7 Å². The van der Waals surface area contributed by atoms with Gasteiger partial charge >= 0.3 is 0 Å². The number of aromatic amines is 1. The highest BCUT2D eigenvalue weighted by atomic mass is 35.5. The van der Waals surface area contributed by atoms with Crippen molar-refractivity contribution in [1.29, 1.82) is 5.26 Å². The van der Waals surface area contributed by atoms with Crippen LogP contribution in [0.3, 0.4) is 0 Å². The molecule has 9 heteroatoms. The van der Waals surface area contributed by atoms with E-state index in [1.807, 2.05) is 24.3 Å². The number of aromatic nitrogens is 2. The van der Waals surface area contributed by atoms with Crippen molar-refractivity contribution in [3.05, 3.63) is 86.4 Å². The second-order valence-corrected chi connectivity index (χ2v) is 8.22. The van der Waals surface area contributed by atoms with Gasteiger partial charge in [-0.3, -0.25) is 9.89 Å². The van der Waals surface area contributed by atoms with Crippen LogP contribution in [-0.4, -0.2) is 16.1 Å². The number of nitriles is 1. The van der Waals surface area contributed by atoms with Crippen molar-refractivity contribution >= 4 is 34.8 Å². The summed E-state index contributed by atoms with van der Waals surface area (Å²) in [7, 11) is 0. The Morgan fingerprint density at radius 1 is 1.29 bits per heavy atom. The molecule has 3 heterocycles. The number of para-hydroxylation sites is 1. The Kier molecular flexibility index (Phi) is 4.26. The van der Waals surface area contributed by atoms with Crippen molar-refractivity contribution in [2.24, 2.45) is 5.73 Å². The Morgan fingerprint density at radius 2 is 2.06 bits per heavy atom. The van der Waals surface area contributed by atoms with Crippen molar-refractivity contribution in [3.63, 3.8) is 0 Å². The van der Waals surface area contributed by atoms with Gasteiger partial charge in [-0.15, -0.1) is 5.10 Å². The summed E-state index contributed by atoms with van der Waals surface area (Å²) in [6.07, 6.45) is 0. The largest absolute Gasteiger partial charge is 0.420 e. The Bertz CT molecular complexity index is 1340. The average Bonchev–Trinajstić information content (AvgIpc) is 3.22. The molecule has 0 aliphatic carbocycles. The maximum absolute atomic E-state index is 14.2. The number of benzene rings is 2. The van der Waals surface area contributed by atoms with Crippen molar-refractivity contribution in [2.45, 2.75) is 18.9 Å². The first-order valence-electron chi connectivity index (χ1n) is 9.38. The predicted octanol–water partition coefficient (Wildman–Crippen LogP) is 3.94. The topological polar surface area (TPSA) is 108 Å². The normalized spacial score (nSPS) is 19.3. The van der Waals surface area contributed by atoms with Gasteiger partial charge in [-0.2, -0.15) is 5.26 Å². The zero-order chi connectivity index (χ0) is 21.9. The molecule has 7 nitrogen and oxygen atoms in total. The van der Waals surface area contributed by atoms with Crippen LogP contribution in [0.25, 0.3) is 0 Å². The molecule has 1 amide bonds. The van der Waals surface area contributed by atoms with Crippen LogP contribution in [0.5, 0.6) is 5.88 Å². The van der Waals surface area contributed by atoms with Gasteiger partial charge in [0.05, 0.1) is 12.1 Å². The fraction of sp³-hybridized carbons (Fsp3) is 0.136. The van der Waals surface area contributed by atoms with E-state index in [9.17, 15) is 10.1 Å². The molecule has 2 aromatic carbocycles. The van der Waals surface area contributed by atoms with E-state index >= 15 is 0 Å². The van der Waals surface area contributed by atoms with Crippen molar-refractivity contribution in [2.75, 3.05) is 4.90 Å². The highest BCUT2D eigenvalue weighted by Gasteiger charge is 2.60. The van der Waals surface area contributed by atoms with Gasteiger partial charge in [0, 0.05) is 27.0 Å². The lowest BCUT2D eigenvalue weighted by Crippen LogP contribution is -2.45.